The zero-order valence-corrected chi connectivity index (χ0v) is 16.0. The maximum atomic E-state index is 14.0. The number of nitrogens with one attached hydrogen (secondary N) is 1. The van der Waals surface area contributed by atoms with E-state index in [-0.39, 0.29) is 17.8 Å². The molecule has 1 N–H and O–H groups in total. The number of nitrogens with zero attached hydrogens (tertiary/aromatic N) is 3. The first-order valence-corrected chi connectivity index (χ1v) is 9.44. The molecule has 0 radical (unpaired) electrons. The van der Waals surface area contributed by atoms with Gasteiger partial charge in [-0.15, -0.1) is 0 Å². The topological polar surface area (TPSA) is 50.2 Å². The van der Waals surface area contributed by atoms with Crippen LogP contribution in [0.3, 0.4) is 0 Å². The number of carbonyl (C=O) groups is 1. The van der Waals surface area contributed by atoms with Crippen LogP contribution in [0.15, 0.2) is 54.6 Å². The number of rotatable bonds is 5. The molecule has 28 heavy (non-hydrogen) atoms. The number of hydrogen-bond donors (Lipinski definition) is 1. The summed E-state index contributed by atoms with van der Waals surface area (Å²) in [6, 6.07) is 16.1. The highest BCUT2D eigenvalue weighted by molar-refractivity contribution is 6.01. The van der Waals surface area contributed by atoms with Crippen molar-refractivity contribution in [3.8, 4) is 0 Å². The Morgan fingerprint density at radius 2 is 1.96 bits per heavy atom. The third kappa shape index (κ3) is 3.63. The summed E-state index contributed by atoms with van der Waals surface area (Å²) < 4.78 is 16.0. The monoisotopic (exact) mass is 378 g/mol. The summed E-state index contributed by atoms with van der Waals surface area (Å²) in [5.74, 6) is -0.475. The molecular formula is C22H23FN4O. The fourth-order valence-corrected chi connectivity index (χ4v) is 3.69. The second-order valence-electron chi connectivity index (χ2n) is 7.21. The molecule has 0 aliphatic carbocycles. The lowest BCUT2D eigenvalue weighted by Gasteiger charge is -2.18. The Bertz CT molecular complexity index is 1010. The molecule has 1 aromatic heterocycles. The smallest absolute Gasteiger partial charge is 0.249 e. The number of benzene rings is 2. The Hall–Kier alpha value is -3.15. The second-order valence-corrected chi connectivity index (χ2v) is 7.21. The lowest BCUT2D eigenvalue weighted by molar-refractivity contribution is -0.117. The molecular weight excluding hydrogens is 355 g/mol. The van der Waals surface area contributed by atoms with Gasteiger partial charge in [0, 0.05) is 17.9 Å². The van der Waals surface area contributed by atoms with Gasteiger partial charge in [-0.1, -0.05) is 24.3 Å². The molecule has 0 bridgehead atoms. The SMILES string of the molecule is Cc1cc(C)n(Cc2cccc(NC3CCN(c4ccccc4F)C3=O)c2)n1. The number of para-hydroxylation sites is 1. The number of anilines is 2. The van der Waals surface area contributed by atoms with Gasteiger partial charge in [-0.3, -0.25) is 9.48 Å². The summed E-state index contributed by atoms with van der Waals surface area (Å²) in [6.07, 6.45) is 0.634. The summed E-state index contributed by atoms with van der Waals surface area (Å²) in [6.45, 7) is 5.20. The van der Waals surface area contributed by atoms with Gasteiger partial charge in [0.1, 0.15) is 11.9 Å². The van der Waals surface area contributed by atoms with Crippen molar-refractivity contribution in [3.05, 3.63) is 77.4 Å². The van der Waals surface area contributed by atoms with Crippen molar-refractivity contribution in [1.29, 1.82) is 0 Å². The van der Waals surface area contributed by atoms with Gasteiger partial charge in [-0.05, 0) is 56.2 Å². The number of aryl methyl sites for hydroxylation is 2. The molecule has 6 heteroatoms. The van der Waals surface area contributed by atoms with Crippen LogP contribution in [0.1, 0.15) is 23.4 Å². The molecule has 144 valence electrons. The maximum absolute atomic E-state index is 14.0. The molecule has 1 aliphatic rings. The fraction of sp³-hybridized carbons (Fsp3) is 0.273. The molecule has 1 saturated heterocycles. The van der Waals surface area contributed by atoms with Crippen LogP contribution in [0.2, 0.25) is 0 Å². The predicted molar refractivity (Wildman–Crippen MR) is 108 cm³/mol. The van der Waals surface area contributed by atoms with Gasteiger partial charge in [0.2, 0.25) is 5.91 Å². The molecule has 1 fully saturated rings. The quantitative estimate of drug-likeness (QED) is 0.732. The van der Waals surface area contributed by atoms with Crippen LogP contribution in [-0.2, 0) is 11.3 Å². The molecule has 0 spiro atoms. The van der Waals surface area contributed by atoms with E-state index in [0.717, 1.165) is 22.6 Å². The first kappa shape index (κ1) is 18.2. The van der Waals surface area contributed by atoms with E-state index in [2.05, 4.69) is 16.5 Å². The number of halogens is 1. The first-order valence-electron chi connectivity index (χ1n) is 9.44. The zero-order valence-electron chi connectivity index (χ0n) is 16.0. The normalized spacial score (nSPS) is 16.6. The summed E-state index contributed by atoms with van der Waals surface area (Å²) in [7, 11) is 0. The Labute approximate surface area is 163 Å². The van der Waals surface area contributed by atoms with Crippen molar-refractivity contribution in [2.75, 3.05) is 16.8 Å². The summed E-state index contributed by atoms with van der Waals surface area (Å²) >= 11 is 0. The van der Waals surface area contributed by atoms with Gasteiger partial charge in [-0.25, -0.2) is 4.39 Å². The number of amides is 1. The van der Waals surface area contributed by atoms with Gasteiger partial charge in [-0.2, -0.15) is 5.10 Å². The minimum absolute atomic E-state index is 0.103. The predicted octanol–water partition coefficient (Wildman–Crippen LogP) is 3.90. The van der Waals surface area contributed by atoms with Gasteiger partial charge in [0.25, 0.3) is 0 Å². The number of aromatic nitrogens is 2. The Balaban J connectivity index is 1.47. The zero-order chi connectivity index (χ0) is 19.7. The Kier molecular flexibility index (Phi) is 4.86. The molecule has 5 nitrogen and oxygen atoms in total. The van der Waals surface area contributed by atoms with Crippen molar-refractivity contribution in [3.63, 3.8) is 0 Å². The van der Waals surface area contributed by atoms with Crippen molar-refractivity contribution < 1.29 is 9.18 Å². The Morgan fingerprint density at radius 3 is 2.71 bits per heavy atom. The molecule has 3 aromatic rings. The number of hydrogen-bond acceptors (Lipinski definition) is 3. The van der Waals surface area contributed by atoms with E-state index in [1.54, 1.807) is 18.2 Å². The van der Waals surface area contributed by atoms with Crippen LogP contribution in [-0.4, -0.2) is 28.3 Å². The lowest BCUT2D eigenvalue weighted by atomic mass is 10.1. The average Bonchev–Trinajstić information content (AvgIpc) is 3.18. The number of carbonyl (C=O) groups excluding carboxylic acids is 1. The van der Waals surface area contributed by atoms with E-state index in [0.29, 0.717) is 25.2 Å². The van der Waals surface area contributed by atoms with Gasteiger partial charge >= 0.3 is 0 Å². The van der Waals surface area contributed by atoms with Crippen LogP contribution in [0, 0.1) is 19.7 Å². The van der Waals surface area contributed by atoms with Crippen molar-refractivity contribution in [2.45, 2.75) is 32.9 Å². The van der Waals surface area contributed by atoms with Crippen molar-refractivity contribution >= 4 is 17.3 Å². The third-order valence-electron chi connectivity index (χ3n) is 5.05. The van der Waals surface area contributed by atoms with Crippen LogP contribution in [0.5, 0.6) is 0 Å². The summed E-state index contributed by atoms with van der Waals surface area (Å²) in [5.41, 5.74) is 4.44. The van der Waals surface area contributed by atoms with Gasteiger partial charge < -0.3 is 10.2 Å². The van der Waals surface area contributed by atoms with E-state index in [9.17, 15) is 9.18 Å². The van der Waals surface area contributed by atoms with Gasteiger partial charge in [0.05, 0.1) is 17.9 Å². The van der Waals surface area contributed by atoms with Gasteiger partial charge in [0.15, 0.2) is 0 Å². The van der Waals surface area contributed by atoms with E-state index in [4.69, 9.17) is 0 Å². The molecule has 2 heterocycles. The highest BCUT2D eigenvalue weighted by Crippen LogP contribution is 2.26. The first-order chi connectivity index (χ1) is 13.5. The molecule has 1 aliphatic heterocycles. The molecule has 1 amide bonds. The highest BCUT2D eigenvalue weighted by atomic mass is 19.1. The van der Waals surface area contributed by atoms with Crippen LogP contribution in [0.25, 0.3) is 0 Å². The van der Waals surface area contributed by atoms with Crippen LogP contribution >= 0.6 is 0 Å². The molecule has 4 rings (SSSR count). The average molecular weight is 378 g/mol. The minimum atomic E-state index is -0.372. The largest absolute Gasteiger partial charge is 0.374 e. The standard InChI is InChI=1S/C22H23FN4O/c1-15-12-16(2)27(25-15)14-17-6-5-7-18(13-17)24-20-10-11-26(22(20)28)21-9-4-3-8-19(21)23/h3-9,12-13,20,24H,10-11,14H2,1-2H3. The highest BCUT2D eigenvalue weighted by Gasteiger charge is 2.33. The molecule has 2 aromatic carbocycles. The minimum Gasteiger partial charge on any atom is -0.374 e. The summed E-state index contributed by atoms with van der Waals surface area (Å²) in [4.78, 5) is 14.3. The van der Waals surface area contributed by atoms with E-state index < -0.39 is 0 Å². The third-order valence-corrected chi connectivity index (χ3v) is 5.05. The van der Waals surface area contributed by atoms with E-state index >= 15 is 0 Å². The van der Waals surface area contributed by atoms with Crippen molar-refractivity contribution in [1.82, 2.24) is 9.78 Å². The molecule has 1 atom stereocenters. The summed E-state index contributed by atoms with van der Waals surface area (Å²) in [5, 5.41) is 7.81. The van der Waals surface area contributed by atoms with Crippen LogP contribution in [0.4, 0.5) is 15.8 Å². The lowest BCUT2D eigenvalue weighted by Crippen LogP contribution is -2.33. The molecule has 0 saturated carbocycles. The fourth-order valence-electron chi connectivity index (χ4n) is 3.69. The van der Waals surface area contributed by atoms with Crippen molar-refractivity contribution in [2.24, 2.45) is 0 Å². The van der Waals surface area contributed by atoms with E-state index in [1.165, 1.54) is 11.0 Å². The molecule has 1 unspecified atom stereocenters. The van der Waals surface area contributed by atoms with Crippen LogP contribution < -0.4 is 10.2 Å². The van der Waals surface area contributed by atoms with E-state index in [1.807, 2.05) is 42.8 Å². The maximum Gasteiger partial charge on any atom is 0.249 e. The second kappa shape index (κ2) is 7.46. The Morgan fingerprint density at radius 1 is 1.14 bits per heavy atom.